The van der Waals surface area contributed by atoms with Gasteiger partial charge in [-0.25, -0.2) is 0 Å². The normalized spacial score (nSPS) is 11.0. The van der Waals surface area contributed by atoms with Crippen LogP contribution >= 0.6 is 0 Å². The molecule has 0 radical (unpaired) electrons. The fourth-order valence-corrected chi connectivity index (χ4v) is 1.72. The number of hydrogen-bond donors (Lipinski definition) is 2. The molecule has 22 heavy (non-hydrogen) atoms. The van der Waals surface area contributed by atoms with E-state index in [4.69, 9.17) is 4.74 Å². The Morgan fingerprint density at radius 1 is 1.14 bits per heavy atom. The number of benzene rings is 1. The SMILES string of the molecule is COCCNC(=O)C(C)(C)C(=O)Nc1ccc(N(C)C)cc1. The Morgan fingerprint density at radius 3 is 2.23 bits per heavy atom. The molecule has 122 valence electrons. The molecule has 0 heterocycles. The maximum Gasteiger partial charge on any atom is 0.239 e. The van der Waals surface area contributed by atoms with Crippen LogP contribution in [0.25, 0.3) is 0 Å². The molecule has 1 aromatic rings. The number of carbonyl (C=O) groups excluding carboxylic acids is 2. The van der Waals surface area contributed by atoms with Crippen molar-refractivity contribution >= 4 is 23.2 Å². The zero-order valence-corrected chi connectivity index (χ0v) is 13.9. The highest BCUT2D eigenvalue weighted by Crippen LogP contribution is 2.21. The summed E-state index contributed by atoms with van der Waals surface area (Å²) in [5.41, 5.74) is 0.538. The van der Waals surface area contributed by atoms with Gasteiger partial charge < -0.3 is 20.3 Å². The van der Waals surface area contributed by atoms with Crippen molar-refractivity contribution in [2.24, 2.45) is 5.41 Å². The van der Waals surface area contributed by atoms with Gasteiger partial charge in [0.05, 0.1) is 6.61 Å². The van der Waals surface area contributed by atoms with Gasteiger partial charge >= 0.3 is 0 Å². The van der Waals surface area contributed by atoms with Crippen LogP contribution in [0.1, 0.15) is 13.8 Å². The van der Waals surface area contributed by atoms with Gasteiger partial charge in [0.25, 0.3) is 0 Å². The first-order valence-corrected chi connectivity index (χ1v) is 7.15. The van der Waals surface area contributed by atoms with Gasteiger partial charge in [0.2, 0.25) is 11.8 Å². The number of amides is 2. The second-order valence-electron chi connectivity index (χ2n) is 5.77. The Labute approximate surface area is 131 Å². The van der Waals surface area contributed by atoms with Gasteiger partial charge in [-0.05, 0) is 38.1 Å². The number of nitrogens with zero attached hydrogens (tertiary/aromatic N) is 1. The van der Waals surface area contributed by atoms with Crippen LogP contribution < -0.4 is 15.5 Å². The number of rotatable bonds is 7. The molecule has 0 aliphatic carbocycles. The molecule has 2 N–H and O–H groups in total. The molecule has 0 unspecified atom stereocenters. The lowest BCUT2D eigenvalue weighted by atomic mass is 9.91. The van der Waals surface area contributed by atoms with Gasteiger partial charge in [-0.3, -0.25) is 9.59 Å². The molecule has 0 saturated carbocycles. The van der Waals surface area contributed by atoms with Crippen LogP contribution in [0.15, 0.2) is 24.3 Å². The predicted octanol–water partition coefficient (Wildman–Crippen LogP) is 1.48. The topological polar surface area (TPSA) is 70.7 Å². The molecule has 1 aromatic carbocycles. The van der Waals surface area contributed by atoms with Crippen LogP contribution in [0.5, 0.6) is 0 Å². The van der Waals surface area contributed by atoms with Gasteiger partial charge in [0.15, 0.2) is 0 Å². The van der Waals surface area contributed by atoms with Crippen molar-refractivity contribution in [2.75, 3.05) is 44.6 Å². The summed E-state index contributed by atoms with van der Waals surface area (Å²) in [6.45, 7) is 3.98. The van der Waals surface area contributed by atoms with E-state index in [1.54, 1.807) is 21.0 Å². The van der Waals surface area contributed by atoms with E-state index in [1.807, 2.05) is 43.3 Å². The fourth-order valence-electron chi connectivity index (χ4n) is 1.72. The van der Waals surface area contributed by atoms with Crippen LogP contribution in [-0.2, 0) is 14.3 Å². The number of carbonyl (C=O) groups is 2. The summed E-state index contributed by atoms with van der Waals surface area (Å²) in [6, 6.07) is 7.43. The van der Waals surface area contributed by atoms with Crippen molar-refractivity contribution in [3.05, 3.63) is 24.3 Å². The lowest BCUT2D eigenvalue weighted by Gasteiger charge is -2.23. The molecule has 0 aliphatic rings. The molecule has 6 nitrogen and oxygen atoms in total. The Hall–Kier alpha value is -2.08. The fraction of sp³-hybridized carbons (Fsp3) is 0.500. The van der Waals surface area contributed by atoms with Crippen molar-refractivity contribution in [3.8, 4) is 0 Å². The third-order valence-corrected chi connectivity index (χ3v) is 3.37. The van der Waals surface area contributed by atoms with Crippen molar-refractivity contribution in [1.29, 1.82) is 0 Å². The van der Waals surface area contributed by atoms with Crippen molar-refractivity contribution in [2.45, 2.75) is 13.8 Å². The zero-order valence-electron chi connectivity index (χ0n) is 13.9. The molecule has 0 atom stereocenters. The van der Waals surface area contributed by atoms with E-state index in [-0.39, 0.29) is 11.8 Å². The molecule has 6 heteroatoms. The summed E-state index contributed by atoms with van der Waals surface area (Å²) in [6.07, 6.45) is 0. The highest BCUT2D eigenvalue weighted by atomic mass is 16.5. The van der Waals surface area contributed by atoms with Crippen molar-refractivity contribution < 1.29 is 14.3 Å². The van der Waals surface area contributed by atoms with E-state index in [2.05, 4.69) is 10.6 Å². The Kier molecular flexibility index (Phi) is 6.37. The minimum Gasteiger partial charge on any atom is -0.383 e. The molecular weight excluding hydrogens is 282 g/mol. The molecular formula is C16H25N3O3. The van der Waals surface area contributed by atoms with Gasteiger partial charge in [0, 0.05) is 39.1 Å². The highest BCUT2D eigenvalue weighted by molar-refractivity contribution is 6.09. The van der Waals surface area contributed by atoms with Crippen LogP contribution in [-0.4, -0.2) is 46.2 Å². The molecule has 0 spiro atoms. The molecule has 1 rings (SSSR count). The number of hydrogen-bond acceptors (Lipinski definition) is 4. The van der Waals surface area contributed by atoms with Gasteiger partial charge in [-0.2, -0.15) is 0 Å². The third-order valence-electron chi connectivity index (χ3n) is 3.37. The van der Waals surface area contributed by atoms with Crippen LogP contribution in [0.2, 0.25) is 0 Å². The first kappa shape index (κ1) is 18.0. The van der Waals surface area contributed by atoms with E-state index in [0.717, 1.165) is 5.69 Å². The quantitative estimate of drug-likeness (QED) is 0.591. The second-order valence-corrected chi connectivity index (χ2v) is 5.77. The van der Waals surface area contributed by atoms with Crippen molar-refractivity contribution in [3.63, 3.8) is 0 Å². The lowest BCUT2D eigenvalue weighted by Crippen LogP contribution is -2.45. The Bertz CT molecular complexity index is 510. The van der Waals surface area contributed by atoms with E-state index in [9.17, 15) is 9.59 Å². The summed E-state index contributed by atoms with van der Waals surface area (Å²) >= 11 is 0. The maximum absolute atomic E-state index is 12.3. The van der Waals surface area contributed by atoms with Crippen molar-refractivity contribution in [1.82, 2.24) is 5.32 Å². The lowest BCUT2D eigenvalue weighted by molar-refractivity contribution is -0.138. The molecule has 0 aromatic heterocycles. The van der Waals surface area contributed by atoms with E-state index in [1.165, 1.54) is 0 Å². The average Bonchev–Trinajstić information content (AvgIpc) is 2.47. The maximum atomic E-state index is 12.3. The van der Waals surface area contributed by atoms with Gasteiger partial charge in [0.1, 0.15) is 5.41 Å². The average molecular weight is 307 g/mol. The summed E-state index contributed by atoms with van der Waals surface area (Å²) in [4.78, 5) is 26.4. The summed E-state index contributed by atoms with van der Waals surface area (Å²) < 4.78 is 4.87. The molecule has 0 fully saturated rings. The minimum absolute atomic E-state index is 0.327. The molecule has 0 saturated heterocycles. The van der Waals surface area contributed by atoms with Gasteiger partial charge in [-0.15, -0.1) is 0 Å². The van der Waals surface area contributed by atoms with Crippen LogP contribution in [0, 0.1) is 5.41 Å². The second kappa shape index (κ2) is 7.79. The van der Waals surface area contributed by atoms with Gasteiger partial charge in [-0.1, -0.05) is 0 Å². The first-order valence-electron chi connectivity index (χ1n) is 7.15. The summed E-state index contributed by atoms with van der Waals surface area (Å²) in [7, 11) is 5.45. The van der Waals surface area contributed by atoms with Crippen LogP contribution in [0.4, 0.5) is 11.4 Å². The summed E-state index contributed by atoms with van der Waals surface area (Å²) in [5.74, 6) is -0.674. The number of anilines is 2. The smallest absolute Gasteiger partial charge is 0.239 e. The molecule has 2 amide bonds. The number of nitrogens with one attached hydrogen (secondary N) is 2. The Balaban J connectivity index is 2.67. The van der Waals surface area contributed by atoms with E-state index < -0.39 is 5.41 Å². The highest BCUT2D eigenvalue weighted by Gasteiger charge is 2.35. The molecule has 0 aliphatic heterocycles. The zero-order chi connectivity index (χ0) is 16.8. The first-order chi connectivity index (χ1) is 10.3. The Morgan fingerprint density at radius 2 is 1.73 bits per heavy atom. The van der Waals surface area contributed by atoms with Crippen LogP contribution in [0.3, 0.4) is 0 Å². The monoisotopic (exact) mass is 307 g/mol. The molecule has 0 bridgehead atoms. The third kappa shape index (κ3) is 4.73. The summed E-state index contributed by atoms with van der Waals surface area (Å²) in [5, 5.41) is 5.45. The van der Waals surface area contributed by atoms with E-state index >= 15 is 0 Å². The number of ether oxygens (including phenoxy) is 1. The standard InChI is InChI=1S/C16H25N3O3/c1-16(2,14(20)17-10-11-22-5)15(21)18-12-6-8-13(9-7-12)19(3)4/h6-9H,10-11H2,1-5H3,(H,17,20)(H,18,21). The largest absolute Gasteiger partial charge is 0.383 e. The van der Waals surface area contributed by atoms with E-state index in [0.29, 0.717) is 18.8 Å². The predicted molar refractivity (Wildman–Crippen MR) is 88.1 cm³/mol. The minimum atomic E-state index is -1.16. The number of methoxy groups -OCH3 is 1.